The maximum absolute atomic E-state index is 12.0. The zero-order chi connectivity index (χ0) is 16.3. The molecule has 0 fully saturated rings. The Balaban J connectivity index is 2.98. The lowest BCUT2D eigenvalue weighted by Gasteiger charge is -2.09. The summed E-state index contributed by atoms with van der Waals surface area (Å²) < 4.78 is 50.3. The highest BCUT2D eigenvalue weighted by Crippen LogP contribution is 2.23. The summed E-state index contributed by atoms with van der Waals surface area (Å²) in [5.74, 6) is -0.475. The highest BCUT2D eigenvalue weighted by atomic mass is 32.2. The van der Waals surface area contributed by atoms with Crippen molar-refractivity contribution >= 4 is 31.4 Å². The maximum Gasteiger partial charge on any atom is 0.270 e. The fourth-order valence-corrected chi connectivity index (χ4v) is 3.24. The molecule has 0 saturated heterocycles. The number of nitrogens with two attached hydrogens (primary N) is 1. The third-order valence-corrected chi connectivity index (χ3v) is 5.35. The molecule has 0 aromatic heterocycles. The van der Waals surface area contributed by atoms with E-state index in [0.29, 0.717) is 0 Å². The van der Waals surface area contributed by atoms with Crippen molar-refractivity contribution in [1.82, 2.24) is 9.44 Å². The second kappa shape index (κ2) is 6.34. The number of sulfonamides is 2. The Bertz CT molecular complexity index is 744. The normalized spacial score (nSPS) is 12.2. The first-order valence-electron chi connectivity index (χ1n) is 5.54. The molecule has 0 radical (unpaired) electrons. The summed E-state index contributed by atoms with van der Waals surface area (Å²) in [6.07, 6.45) is 0. The Hall–Kier alpha value is -1.76. The zero-order valence-corrected chi connectivity index (χ0v) is 12.6. The van der Waals surface area contributed by atoms with Gasteiger partial charge in [0.15, 0.2) is 0 Å². The molecule has 118 valence electrons. The third kappa shape index (κ3) is 4.63. The van der Waals surface area contributed by atoms with Crippen LogP contribution in [0.1, 0.15) is 0 Å². The Kier molecular flexibility index (Phi) is 5.22. The van der Waals surface area contributed by atoms with Crippen LogP contribution in [-0.2, 0) is 20.0 Å². The molecule has 1 aromatic carbocycles. The van der Waals surface area contributed by atoms with Crippen LogP contribution in [0.15, 0.2) is 23.1 Å². The van der Waals surface area contributed by atoms with Crippen LogP contribution < -0.4 is 15.2 Å². The van der Waals surface area contributed by atoms with Gasteiger partial charge in [0.1, 0.15) is 4.90 Å². The minimum atomic E-state index is -4.15. The molecule has 0 saturated carbocycles. The van der Waals surface area contributed by atoms with Gasteiger partial charge in [-0.2, -0.15) is 0 Å². The minimum absolute atomic E-state index is 0.176. The van der Waals surface area contributed by atoms with Crippen molar-refractivity contribution in [3.8, 4) is 0 Å². The van der Waals surface area contributed by atoms with Crippen molar-refractivity contribution in [1.29, 1.82) is 0 Å². The van der Waals surface area contributed by atoms with Gasteiger partial charge in [-0.15, -0.1) is 0 Å². The van der Waals surface area contributed by atoms with Crippen LogP contribution in [-0.4, -0.2) is 41.1 Å². The first kappa shape index (κ1) is 17.3. The van der Waals surface area contributed by atoms with Crippen LogP contribution in [0.4, 0.5) is 11.4 Å². The van der Waals surface area contributed by atoms with E-state index in [2.05, 4.69) is 0 Å². The lowest BCUT2D eigenvalue weighted by molar-refractivity contribution is -0.385. The van der Waals surface area contributed by atoms with E-state index in [1.807, 2.05) is 9.44 Å². The molecular weight excluding hydrogens is 324 g/mol. The lowest BCUT2D eigenvalue weighted by Crippen LogP contribution is -2.33. The Labute approximate surface area is 121 Å². The molecule has 0 atom stereocenters. The Morgan fingerprint density at radius 1 is 1.29 bits per heavy atom. The summed E-state index contributed by atoms with van der Waals surface area (Å²) in [5.41, 5.74) is 4.87. The maximum atomic E-state index is 12.0. The van der Waals surface area contributed by atoms with Crippen LogP contribution in [0.2, 0.25) is 0 Å². The molecule has 0 unspecified atom stereocenters. The average Bonchev–Trinajstić information content (AvgIpc) is 2.38. The van der Waals surface area contributed by atoms with E-state index in [0.717, 1.165) is 18.2 Å². The number of hydrogen-bond donors (Lipinski definition) is 3. The highest BCUT2D eigenvalue weighted by molar-refractivity contribution is 7.90. The number of anilines is 1. The van der Waals surface area contributed by atoms with Gasteiger partial charge in [-0.25, -0.2) is 26.3 Å². The topological polar surface area (TPSA) is 162 Å². The standard InChI is InChI=1S/C9H14N4O6S2/c1-11-20(16,17)5-4-12-21(18,19)9-6-7(13(14)15)2-3-8(9)10/h2-3,6,11-12H,4-5,10H2,1H3. The summed E-state index contributed by atoms with van der Waals surface area (Å²) in [4.78, 5) is 9.40. The van der Waals surface area contributed by atoms with Crippen LogP contribution in [0, 0.1) is 10.1 Å². The third-order valence-electron chi connectivity index (χ3n) is 2.47. The number of nitrogens with zero attached hydrogens (tertiary/aromatic N) is 1. The predicted octanol–water partition coefficient (Wildman–Crippen LogP) is -0.995. The van der Waals surface area contributed by atoms with Crippen molar-refractivity contribution in [3.63, 3.8) is 0 Å². The summed E-state index contributed by atoms with van der Waals surface area (Å²) in [7, 11) is -6.52. The zero-order valence-electron chi connectivity index (χ0n) is 10.9. The first-order valence-corrected chi connectivity index (χ1v) is 8.67. The molecule has 12 heteroatoms. The number of hydrogen-bond acceptors (Lipinski definition) is 7. The predicted molar refractivity (Wildman–Crippen MR) is 75.5 cm³/mol. The van der Waals surface area contributed by atoms with Crippen LogP contribution in [0.5, 0.6) is 0 Å². The Morgan fingerprint density at radius 2 is 1.90 bits per heavy atom. The van der Waals surface area contributed by atoms with Gasteiger partial charge >= 0.3 is 0 Å². The molecule has 10 nitrogen and oxygen atoms in total. The fourth-order valence-electron chi connectivity index (χ4n) is 1.36. The van der Waals surface area contributed by atoms with E-state index >= 15 is 0 Å². The molecular formula is C9H14N4O6S2. The molecule has 1 aromatic rings. The van der Waals surface area contributed by atoms with Crippen molar-refractivity contribution in [2.45, 2.75) is 4.90 Å². The SMILES string of the molecule is CNS(=O)(=O)CCNS(=O)(=O)c1cc([N+](=O)[O-])ccc1N. The summed E-state index contributed by atoms with van der Waals surface area (Å²) in [6.45, 7) is -0.395. The molecule has 0 aliphatic rings. The van der Waals surface area contributed by atoms with Gasteiger partial charge in [0, 0.05) is 18.7 Å². The van der Waals surface area contributed by atoms with Crippen molar-refractivity contribution in [2.75, 3.05) is 25.1 Å². The van der Waals surface area contributed by atoms with Gasteiger partial charge in [-0.05, 0) is 13.1 Å². The Morgan fingerprint density at radius 3 is 2.43 bits per heavy atom. The smallest absolute Gasteiger partial charge is 0.270 e. The van der Waals surface area contributed by atoms with E-state index in [-0.39, 0.29) is 5.69 Å². The number of nitro benzene ring substituents is 1. The second-order valence-electron chi connectivity index (χ2n) is 3.90. The van der Waals surface area contributed by atoms with Gasteiger partial charge in [0.25, 0.3) is 5.69 Å². The van der Waals surface area contributed by atoms with Gasteiger partial charge in [0.05, 0.1) is 16.4 Å². The number of benzene rings is 1. The van der Waals surface area contributed by atoms with Gasteiger partial charge in [-0.1, -0.05) is 0 Å². The largest absolute Gasteiger partial charge is 0.398 e. The van der Waals surface area contributed by atoms with Crippen molar-refractivity contribution in [2.24, 2.45) is 0 Å². The van der Waals surface area contributed by atoms with E-state index in [9.17, 15) is 26.9 Å². The summed E-state index contributed by atoms with van der Waals surface area (Å²) in [6, 6.07) is 2.97. The van der Waals surface area contributed by atoms with Crippen LogP contribution >= 0.6 is 0 Å². The molecule has 0 aliphatic heterocycles. The number of nitrogen functional groups attached to an aromatic ring is 1. The molecule has 0 aliphatic carbocycles. The monoisotopic (exact) mass is 338 g/mol. The number of nitro groups is 1. The van der Waals surface area contributed by atoms with E-state index in [1.54, 1.807) is 0 Å². The van der Waals surface area contributed by atoms with Gasteiger partial charge in [0.2, 0.25) is 20.0 Å². The molecule has 0 amide bonds. The number of nitrogens with one attached hydrogen (secondary N) is 2. The summed E-state index contributed by atoms with van der Waals surface area (Å²) in [5, 5.41) is 10.6. The van der Waals surface area contributed by atoms with Crippen molar-refractivity contribution in [3.05, 3.63) is 28.3 Å². The van der Waals surface area contributed by atoms with E-state index in [1.165, 1.54) is 7.05 Å². The van der Waals surface area contributed by atoms with Gasteiger partial charge < -0.3 is 5.73 Å². The van der Waals surface area contributed by atoms with Crippen LogP contribution in [0.3, 0.4) is 0 Å². The molecule has 21 heavy (non-hydrogen) atoms. The number of rotatable bonds is 7. The fraction of sp³-hybridized carbons (Fsp3) is 0.333. The molecule has 0 heterocycles. The van der Waals surface area contributed by atoms with E-state index in [4.69, 9.17) is 5.73 Å². The van der Waals surface area contributed by atoms with Gasteiger partial charge in [-0.3, -0.25) is 10.1 Å². The minimum Gasteiger partial charge on any atom is -0.398 e. The summed E-state index contributed by atoms with van der Waals surface area (Å²) >= 11 is 0. The second-order valence-corrected chi connectivity index (χ2v) is 7.68. The molecule has 0 bridgehead atoms. The number of non-ortho nitro benzene ring substituents is 1. The average molecular weight is 338 g/mol. The lowest BCUT2D eigenvalue weighted by atomic mass is 10.3. The first-order chi connectivity index (χ1) is 9.59. The highest BCUT2D eigenvalue weighted by Gasteiger charge is 2.21. The van der Waals surface area contributed by atoms with E-state index < -0.39 is 47.9 Å². The van der Waals surface area contributed by atoms with Crippen molar-refractivity contribution < 1.29 is 21.8 Å². The molecule has 0 spiro atoms. The van der Waals surface area contributed by atoms with Crippen LogP contribution in [0.25, 0.3) is 0 Å². The quantitative estimate of drug-likeness (QED) is 0.326. The molecule has 1 rings (SSSR count). The molecule has 4 N–H and O–H groups in total.